The highest BCUT2D eigenvalue weighted by atomic mass is 32.2. The Kier molecular flexibility index (Phi) is 6.85. The molecule has 8 nitrogen and oxygen atoms in total. The van der Waals surface area contributed by atoms with Crippen molar-refractivity contribution < 1.29 is 19.1 Å². The number of rotatable bonds is 5. The zero-order valence-corrected chi connectivity index (χ0v) is 15.8. The van der Waals surface area contributed by atoms with Gasteiger partial charge in [0.25, 0.3) is 0 Å². The summed E-state index contributed by atoms with van der Waals surface area (Å²) < 4.78 is 4.69. The third kappa shape index (κ3) is 5.01. The maximum atomic E-state index is 12.6. The standard InChI is InChI=1S/C18H20N4O4S/c1-3-26-13(23)9-21-18(25)22-17(24)15-14(12(8-19)16(20)27-15)11-6-4-10(2)5-7-11/h4-7,14-15H,3,9,20H2,1-2H3,(H2,21,22,24,25)/t14-,15-/m1/s1. The molecule has 2 rings (SSSR count). The van der Waals surface area contributed by atoms with Crippen molar-refractivity contribution in [2.75, 3.05) is 13.2 Å². The first-order valence-corrected chi connectivity index (χ1v) is 9.12. The lowest BCUT2D eigenvalue weighted by molar-refractivity contribution is -0.141. The van der Waals surface area contributed by atoms with Gasteiger partial charge in [-0.3, -0.25) is 14.9 Å². The molecule has 3 amide bonds. The fourth-order valence-electron chi connectivity index (χ4n) is 2.61. The first-order valence-electron chi connectivity index (χ1n) is 8.24. The summed E-state index contributed by atoms with van der Waals surface area (Å²) in [5.74, 6) is -1.76. The van der Waals surface area contributed by atoms with Gasteiger partial charge in [-0.1, -0.05) is 41.6 Å². The number of thioether (sulfide) groups is 1. The van der Waals surface area contributed by atoms with Gasteiger partial charge in [0.2, 0.25) is 5.91 Å². The summed E-state index contributed by atoms with van der Waals surface area (Å²) in [5.41, 5.74) is 8.02. The van der Waals surface area contributed by atoms with Crippen LogP contribution in [0.15, 0.2) is 34.9 Å². The van der Waals surface area contributed by atoms with Crippen molar-refractivity contribution in [2.45, 2.75) is 25.0 Å². The molecule has 4 N–H and O–H groups in total. The molecule has 1 aliphatic rings. The van der Waals surface area contributed by atoms with Crippen molar-refractivity contribution in [3.05, 3.63) is 46.0 Å². The van der Waals surface area contributed by atoms with Crippen LogP contribution in [0.25, 0.3) is 0 Å². The number of urea groups is 1. The summed E-state index contributed by atoms with van der Waals surface area (Å²) in [4.78, 5) is 35.7. The molecule has 0 radical (unpaired) electrons. The van der Waals surface area contributed by atoms with Crippen LogP contribution in [0.5, 0.6) is 0 Å². The van der Waals surface area contributed by atoms with Gasteiger partial charge in [-0.15, -0.1) is 0 Å². The molecule has 1 aliphatic heterocycles. The van der Waals surface area contributed by atoms with Gasteiger partial charge in [-0.25, -0.2) is 4.79 Å². The lowest BCUT2D eigenvalue weighted by Crippen LogP contribution is -2.46. The Labute approximate surface area is 161 Å². The van der Waals surface area contributed by atoms with Gasteiger partial charge in [-0.05, 0) is 19.4 Å². The molecule has 0 fully saturated rings. The summed E-state index contributed by atoms with van der Waals surface area (Å²) in [7, 11) is 0. The van der Waals surface area contributed by atoms with Crippen LogP contribution >= 0.6 is 11.8 Å². The molecule has 0 unspecified atom stereocenters. The monoisotopic (exact) mass is 388 g/mol. The number of nitrogens with one attached hydrogen (secondary N) is 2. The molecule has 1 heterocycles. The van der Waals surface area contributed by atoms with E-state index in [4.69, 9.17) is 10.5 Å². The van der Waals surface area contributed by atoms with Gasteiger partial charge in [0.05, 0.1) is 23.3 Å². The highest BCUT2D eigenvalue weighted by Gasteiger charge is 2.41. The maximum absolute atomic E-state index is 12.6. The van der Waals surface area contributed by atoms with Gasteiger partial charge in [0.15, 0.2) is 0 Å². The van der Waals surface area contributed by atoms with Gasteiger partial charge in [0, 0.05) is 5.92 Å². The van der Waals surface area contributed by atoms with Crippen molar-refractivity contribution in [2.24, 2.45) is 5.73 Å². The van der Waals surface area contributed by atoms with E-state index in [9.17, 15) is 19.6 Å². The van der Waals surface area contributed by atoms with Crippen molar-refractivity contribution in [3.8, 4) is 6.07 Å². The van der Waals surface area contributed by atoms with Crippen LogP contribution < -0.4 is 16.4 Å². The highest BCUT2D eigenvalue weighted by molar-refractivity contribution is 8.04. The van der Waals surface area contributed by atoms with Crippen molar-refractivity contribution in [1.29, 1.82) is 5.26 Å². The smallest absolute Gasteiger partial charge is 0.325 e. The Morgan fingerprint density at radius 3 is 2.56 bits per heavy atom. The molecule has 0 saturated heterocycles. The predicted octanol–water partition coefficient (Wildman–Crippen LogP) is 1.28. The number of esters is 1. The molecule has 9 heteroatoms. The van der Waals surface area contributed by atoms with E-state index in [1.165, 1.54) is 0 Å². The average molecular weight is 388 g/mol. The van der Waals surface area contributed by atoms with Crippen molar-refractivity contribution in [3.63, 3.8) is 0 Å². The molecule has 0 aromatic heterocycles. The zero-order valence-electron chi connectivity index (χ0n) is 14.9. The predicted molar refractivity (Wildman–Crippen MR) is 100 cm³/mol. The lowest BCUT2D eigenvalue weighted by atomic mass is 9.88. The minimum absolute atomic E-state index is 0.194. The van der Waals surface area contributed by atoms with E-state index in [2.05, 4.69) is 16.7 Å². The van der Waals surface area contributed by atoms with Crippen LogP contribution in [0.3, 0.4) is 0 Å². The minimum Gasteiger partial charge on any atom is -0.465 e. The Bertz CT molecular complexity index is 814. The maximum Gasteiger partial charge on any atom is 0.325 e. The van der Waals surface area contributed by atoms with Gasteiger partial charge in [-0.2, -0.15) is 5.26 Å². The normalized spacial score (nSPS) is 18.6. The largest absolute Gasteiger partial charge is 0.465 e. The van der Waals surface area contributed by atoms with Crippen LogP contribution in [-0.4, -0.2) is 36.3 Å². The Hall–Kier alpha value is -2.99. The van der Waals surface area contributed by atoms with E-state index < -0.39 is 29.1 Å². The van der Waals surface area contributed by atoms with Crippen LogP contribution in [0.1, 0.15) is 24.0 Å². The fourth-order valence-corrected chi connectivity index (χ4v) is 3.78. The molecule has 0 saturated carbocycles. The highest BCUT2D eigenvalue weighted by Crippen LogP contribution is 2.45. The minimum atomic E-state index is -0.819. The third-order valence-electron chi connectivity index (χ3n) is 3.88. The van der Waals surface area contributed by atoms with Crippen molar-refractivity contribution in [1.82, 2.24) is 10.6 Å². The molecule has 142 valence electrons. The van der Waals surface area contributed by atoms with E-state index in [0.29, 0.717) is 5.57 Å². The van der Waals surface area contributed by atoms with Crippen LogP contribution in [0.4, 0.5) is 4.79 Å². The molecule has 27 heavy (non-hydrogen) atoms. The number of benzene rings is 1. The van der Waals surface area contributed by atoms with Gasteiger partial charge < -0.3 is 15.8 Å². The van der Waals surface area contributed by atoms with Crippen LogP contribution in [0.2, 0.25) is 0 Å². The second kappa shape index (κ2) is 9.09. The number of nitriles is 1. The number of ether oxygens (including phenoxy) is 1. The molecule has 0 bridgehead atoms. The number of amides is 3. The fraction of sp³-hybridized carbons (Fsp3) is 0.333. The first kappa shape index (κ1) is 20.3. The van der Waals surface area contributed by atoms with E-state index >= 15 is 0 Å². The summed E-state index contributed by atoms with van der Waals surface area (Å²) in [6.45, 7) is 3.42. The topological polar surface area (TPSA) is 134 Å². The van der Waals surface area contributed by atoms with Crippen LogP contribution in [0, 0.1) is 18.3 Å². The molecule has 1 aromatic carbocycles. The summed E-state index contributed by atoms with van der Waals surface area (Å²) in [6, 6.07) is 8.66. The lowest BCUT2D eigenvalue weighted by Gasteiger charge is -2.19. The Balaban J connectivity index is 2.10. The molecular weight excluding hydrogens is 368 g/mol. The van der Waals surface area contributed by atoms with E-state index in [1.54, 1.807) is 6.92 Å². The Morgan fingerprint density at radius 2 is 1.96 bits per heavy atom. The number of hydrogen-bond donors (Lipinski definition) is 3. The van der Waals surface area contributed by atoms with Gasteiger partial charge in [0.1, 0.15) is 11.8 Å². The number of carbonyl (C=O) groups excluding carboxylic acids is 3. The second-order valence-electron chi connectivity index (χ2n) is 5.79. The molecule has 1 aromatic rings. The summed E-state index contributed by atoms with van der Waals surface area (Å²) in [5, 5.41) is 13.4. The first-order chi connectivity index (χ1) is 12.9. The summed E-state index contributed by atoms with van der Waals surface area (Å²) in [6.07, 6.45) is 0. The number of imide groups is 1. The number of nitrogens with zero attached hydrogens (tertiary/aromatic N) is 1. The van der Waals surface area contributed by atoms with Crippen molar-refractivity contribution >= 4 is 29.7 Å². The number of carbonyl (C=O) groups is 3. The van der Waals surface area contributed by atoms with E-state index in [-0.39, 0.29) is 18.2 Å². The Morgan fingerprint density at radius 1 is 1.30 bits per heavy atom. The van der Waals surface area contributed by atoms with Crippen LogP contribution in [-0.2, 0) is 14.3 Å². The quantitative estimate of drug-likeness (QED) is 0.647. The number of hydrogen-bond acceptors (Lipinski definition) is 7. The number of aryl methyl sites for hydroxylation is 1. The van der Waals surface area contributed by atoms with E-state index in [1.807, 2.05) is 31.2 Å². The summed E-state index contributed by atoms with van der Waals surface area (Å²) >= 11 is 1.04. The molecule has 0 spiro atoms. The average Bonchev–Trinajstić information content (AvgIpc) is 2.97. The van der Waals surface area contributed by atoms with Gasteiger partial charge >= 0.3 is 12.0 Å². The molecular formula is C18H20N4O4S. The molecule has 0 aliphatic carbocycles. The van der Waals surface area contributed by atoms with E-state index in [0.717, 1.165) is 22.9 Å². The second-order valence-corrected chi connectivity index (χ2v) is 6.98. The number of nitrogens with two attached hydrogens (primary N) is 1. The molecule has 2 atom stereocenters. The zero-order chi connectivity index (χ0) is 20.0. The number of allylic oxidation sites excluding steroid dienone is 1. The third-order valence-corrected chi connectivity index (χ3v) is 5.10. The SMILES string of the molecule is CCOC(=O)CNC(=O)NC(=O)[C@@H]1SC(N)=C(C#N)[C@H]1c1ccc(C)cc1.